The molecule has 4 heteroatoms. The molecule has 1 saturated heterocycles. The summed E-state index contributed by atoms with van der Waals surface area (Å²) < 4.78 is 0. The van der Waals surface area contributed by atoms with Crippen molar-refractivity contribution in [3.63, 3.8) is 0 Å². The molecule has 0 spiro atoms. The summed E-state index contributed by atoms with van der Waals surface area (Å²) in [6.07, 6.45) is 3.50. The Morgan fingerprint density at radius 3 is 2.67 bits per heavy atom. The van der Waals surface area contributed by atoms with Crippen LogP contribution >= 0.6 is 0 Å². The minimum atomic E-state index is -0.712. The smallest absolute Gasteiger partial charge is 0.308 e. The van der Waals surface area contributed by atoms with Gasteiger partial charge in [0, 0.05) is 36.9 Å². The second-order valence-corrected chi connectivity index (χ2v) is 5.91. The second kappa shape index (κ2) is 4.69. The van der Waals surface area contributed by atoms with E-state index in [1.165, 1.54) is 0 Å². The van der Waals surface area contributed by atoms with Crippen molar-refractivity contribution in [1.82, 2.24) is 9.88 Å². The van der Waals surface area contributed by atoms with Crippen LogP contribution in [0.3, 0.4) is 0 Å². The van der Waals surface area contributed by atoms with Crippen molar-refractivity contribution in [2.75, 3.05) is 13.1 Å². The molecule has 0 unspecified atom stereocenters. The topological polar surface area (TPSA) is 53.4 Å². The van der Waals surface area contributed by atoms with Gasteiger partial charge in [-0.25, -0.2) is 0 Å². The van der Waals surface area contributed by atoms with Crippen molar-refractivity contribution in [3.8, 4) is 0 Å². The number of aromatic nitrogens is 1. The third-order valence-electron chi connectivity index (χ3n) is 3.70. The van der Waals surface area contributed by atoms with E-state index in [1.807, 2.05) is 12.1 Å². The number of carboxylic acids is 1. The third-order valence-corrected chi connectivity index (χ3v) is 3.70. The van der Waals surface area contributed by atoms with Crippen LogP contribution in [0.5, 0.6) is 0 Å². The Morgan fingerprint density at radius 2 is 2.17 bits per heavy atom. The number of carbonyl (C=O) groups is 1. The quantitative estimate of drug-likeness (QED) is 0.869. The van der Waals surface area contributed by atoms with E-state index in [0.717, 1.165) is 12.1 Å². The lowest BCUT2D eigenvalue weighted by Crippen LogP contribution is -2.40. The summed E-state index contributed by atoms with van der Waals surface area (Å²) in [5.41, 5.74) is 1.03. The molecule has 1 aromatic rings. The van der Waals surface area contributed by atoms with Crippen LogP contribution in [0.15, 0.2) is 24.5 Å². The van der Waals surface area contributed by atoms with E-state index in [-0.39, 0.29) is 17.4 Å². The zero-order chi connectivity index (χ0) is 13.3. The summed E-state index contributed by atoms with van der Waals surface area (Å²) >= 11 is 0. The number of carboxylic acid groups (broad SMARTS) is 1. The highest BCUT2D eigenvalue weighted by atomic mass is 16.4. The first-order chi connectivity index (χ1) is 8.39. The Hall–Kier alpha value is -1.42. The zero-order valence-corrected chi connectivity index (χ0v) is 11.1. The fourth-order valence-corrected chi connectivity index (χ4v) is 2.53. The van der Waals surface area contributed by atoms with Crippen LogP contribution in [-0.4, -0.2) is 39.6 Å². The molecule has 1 fully saturated rings. The molecule has 1 aliphatic rings. The Kier molecular flexibility index (Phi) is 3.39. The molecule has 2 heterocycles. The maximum Gasteiger partial charge on any atom is 0.308 e. The van der Waals surface area contributed by atoms with Crippen molar-refractivity contribution < 1.29 is 9.90 Å². The van der Waals surface area contributed by atoms with Crippen LogP contribution in [0.2, 0.25) is 0 Å². The van der Waals surface area contributed by atoms with Crippen LogP contribution in [0.25, 0.3) is 0 Å². The van der Waals surface area contributed by atoms with E-state index in [0.29, 0.717) is 6.54 Å². The van der Waals surface area contributed by atoms with Crippen molar-refractivity contribution in [3.05, 3.63) is 30.1 Å². The lowest BCUT2D eigenvalue weighted by atomic mass is 9.90. The molecule has 0 amide bonds. The Balaban J connectivity index is 2.26. The highest BCUT2D eigenvalue weighted by molar-refractivity contribution is 5.72. The maximum absolute atomic E-state index is 11.4. The summed E-state index contributed by atoms with van der Waals surface area (Å²) in [5.74, 6) is -1.01. The van der Waals surface area contributed by atoms with Gasteiger partial charge in [-0.2, -0.15) is 0 Å². The van der Waals surface area contributed by atoms with Gasteiger partial charge in [-0.1, -0.05) is 6.07 Å². The first kappa shape index (κ1) is 13.0. The third kappa shape index (κ3) is 2.53. The second-order valence-electron chi connectivity index (χ2n) is 5.91. The standard InChI is InChI=1S/C14H20N2O2/c1-14(2,3)16-8-11(12(9-16)13(17)18)10-5-4-6-15-7-10/h4-7,11-12H,8-9H2,1-3H3,(H,17,18)/t11-,12+/m1/s1. The van der Waals surface area contributed by atoms with Gasteiger partial charge in [0.05, 0.1) is 5.92 Å². The molecular formula is C14H20N2O2. The van der Waals surface area contributed by atoms with Crippen molar-refractivity contribution in [2.45, 2.75) is 32.2 Å². The van der Waals surface area contributed by atoms with Crippen LogP contribution in [-0.2, 0) is 4.79 Å². The summed E-state index contributed by atoms with van der Waals surface area (Å²) in [6.45, 7) is 7.76. The Morgan fingerprint density at radius 1 is 1.44 bits per heavy atom. The molecule has 0 saturated carbocycles. The normalized spacial score (nSPS) is 25.3. The average molecular weight is 248 g/mol. The van der Waals surface area contributed by atoms with Gasteiger partial charge in [-0.15, -0.1) is 0 Å². The van der Waals surface area contributed by atoms with Gasteiger partial charge in [0.15, 0.2) is 0 Å². The molecule has 4 nitrogen and oxygen atoms in total. The number of nitrogens with zero attached hydrogens (tertiary/aromatic N) is 2. The molecule has 1 N–H and O–H groups in total. The number of hydrogen-bond acceptors (Lipinski definition) is 3. The Bertz CT molecular complexity index is 425. The van der Waals surface area contributed by atoms with Crippen molar-refractivity contribution >= 4 is 5.97 Å². The average Bonchev–Trinajstić information content (AvgIpc) is 2.74. The van der Waals surface area contributed by atoms with Gasteiger partial charge in [0.2, 0.25) is 0 Å². The number of rotatable bonds is 2. The van der Waals surface area contributed by atoms with E-state index in [9.17, 15) is 9.90 Å². The first-order valence-corrected chi connectivity index (χ1v) is 6.27. The molecule has 0 bridgehead atoms. The van der Waals surface area contributed by atoms with Crippen molar-refractivity contribution in [2.24, 2.45) is 5.92 Å². The van der Waals surface area contributed by atoms with Gasteiger partial charge in [-0.3, -0.25) is 14.7 Å². The molecule has 1 aliphatic heterocycles. The maximum atomic E-state index is 11.4. The van der Waals surface area contributed by atoms with Crippen LogP contribution in [0.1, 0.15) is 32.3 Å². The number of hydrogen-bond donors (Lipinski definition) is 1. The molecule has 18 heavy (non-hydrogen) atoms. The number of aliphatic carboxylic acids is 1. The van der Waals surface area contributed by atoms with Crippen molar-refractivity contribution in [1.29, 1.82) is 0 Å². The predicted octanol–water partition coefficient (Wildman–Crippen LogP) is 1.98. The highest BCUT2D eigenvalue weighted by Gasteiger charge is 2.42. The summed E-state index contributed by atoms with van der Waals surface area (Å²) in [5, 5.41) is 9.38. The van der Waals surface area contributed by atoms with Gasteiger partial charge < -0.3 is 5.11 Å². The van der Waals surface area contributed by atoms with Gasteiger partial charge >= 0.3 is 5.97 Å². The van der Waals surface area contributed by atoms with E-state index in [2.05, 4.69) is 30.7 Å². The number of likely N-dealkylation sites (tertiary alicyclic amines) is 1. The first-order valence-electron chi connectivity index (χ1n) is 6.27. The fourth-order valence-electron chi connectivity index (χ4n) is 2.53. The largest absolute Gasteiger partial charge is 0.481 e. The van der Waals surface area contributed by atoms with Gasteiger partial charge in [-0.05, 0) is 32.4 Å². The molecular weight excluding hydrogens is 228 g/mol. The van der Waals surface area contributed by atoms with E-state index in [4.69, 9.17) is 0 Å². The SMILES string of the molecule is CC(C)(C)N1C[C@H](C(=O)O)[C@@H](c2cccnc2)C1. The zero-order valence-electron chi connectivity index (χ0n) is 11.1. The van der Waals surface area contributed by atoms with Crippen LogP contribution < -0.4 is 0 Å². The fraction of sp³-hybridized carbons (Fsp3) is 0.571. The molecule has 1 aromatic heterocycles. The van der Waals surface area contributed by atoms with Gasteiger partial charge in [0.25, 0.3) is 0 Å². The lowest BCUT2D eigenvalue weighted by molar-refractivity contribution is -0.141. The monoisotopic (exact) mass is 248 g/mol. The van der Waals surface area contributed by atoms with Gasteiger partial charge in [0.1, 0.15) is 0 Å². The highest BCUT2D eigenvalue weighted by Crippen LogP contribution is 2.35. The minimum absolute atomic E-state index is 0.00462. The van der Waals surface area contributed by atoms with Crippen LogP contribution in [0, 0.1) is 5.92 Å². The van der Waals surface area contributed by atoms with Crippen LogP contribution in [0.4, 0.5) is 0 Å². The molecule has 98 valence electrons. The summed E-state index contributed by atoms with van der Waals surface area (Å²) in [7, 11) is 0. The molecule has 0 aromatic carbocycles. The molecule has 0 aliphatic carbocycles. The van der Waals surface area contributed by atoms with E-state index >= 15 is 0 Å². The lowest BCUT2D eigenvalue weighted by Gasteiger charge is -2.31. The number of pyridine rings is 1. The van der Waals surface area contributed by atoms with E-state index < -0.39 is 5.97 Å². The molecule has 2 rings (SSSR count). The van der Waals surface area contributed by atoms with E-state index in [1.54, 1.807) is 12.4 Å². The summed E-state index contributed by atoms with van der Waals surface area (Å²) in [4.78, 5) is 17.7. The summed E-state index contributed by atoms with van der Waals surface area (Å²) in [6, 6.07) is 3.84. The Labute approximate surface area is 108 Å². The minimum Gasteiger partial charge on any atom is -0.481 e. The molecule has 0 radical (unpaired) electrons. The molecule has 2 atom stereocenters. The predicted molar refractivity (Wildman–Crippen MR) is 69.4 cm³/mol.